The number of nitrogens with two attached hydrogens (primary N) is 1. The van der Waals surface area contributed by atoms with E-state index < -0.39 is 84.6 Å². The summed E-state index contributed by atoms with van der Waals surface area (Å²) in [4.78, 5) is 88.1. The van der Waals surface area contributed by atoms with Crippen LogP contribution in [0.2, 0.25) is 0 Å². The number of anilines is 1. The smallest absolute Gasteiger partial charge is 0.386 e. The molecule has 0 bridgehead atoms. The lowest BCUT2D eigenvalue weighted by Gasteiger charge is -2.30. The second-order valence-corrected chi connectivity index (χ2v) is 19.4. The van der Waals surface area contributed by atoms with Crippen LogP contribution in [0.4, 0.5) is 5.82 Å². The summed E-state index contributed by atoms with van der Waals surface area (Å²) in [5.41, 5.74) is 5.84. The van der Waals surface area contributed by atoms with E-state index in [0.29, 0.717) is 23.7 Å². The van der Waals surface area contributed by atoms with Gasteiger partial charge in [-0.15, -0.1) is 0 Å². The van der Waals surface area contributed by atoms with Crippen molar-refractivity contribution in [3.8, 4) is 0 Å². The lowest BCUT2D eigenvalue weighted by atomic mass is 9.87. The second-order valence-electron chi connectivity index (χ2n) is 14.1. The van der Waals surface area contributed by atoms with E-state index in [1.807, 2.05) is 19.9 Å². The van der Waals surface area contributed by atoms with Crippen LogP contribution in [0.25, 0.3) is 11.2 Å². The number of carbonyl (C=O) groups excluding carboxylic acids is 3. The van der Waals surface area contributed by atoms with Gasteiger partial charge in [0.05, 0.1) is 19.5 Å². The van der Waals surface area contributed by atoms with Gasteiger partial charge in [0.2, 0.25) is 16.9 Å². The van der Waals surface area contributed by atoms with Crippen molar-refractivity contribution in [2.75, 3.05) is 37.8 Å². The number of aromatic nitrogens is 4. The Labute approximate surface area is 342 Å². The molecule has 0 radical (unpaired) electrons. The number of carbonyl (C=O) groups is 3. The monoisotopic (exact) mass is 917 g/mol. The number of hydrogen-bond acceptors (Lipinski definition) is 18. The molecule has 3 rings (SSSR count). The molecule has 332 valence electrons. The van der Waals surface area contributed by atoms with Crippen molar-refractivity contribution in [3.05, 3.63) is 36.5 Å². The summed E-state index contributed by atoms with van der Waals surface area (Å²) in [6.45, 7) is 10.1. The molecule has 0 aliphatic carbocycles. The Morgan fingerprint density at radius 3 is 2.39 bits per heavy atom. The Balaban J connectivity index is 1.46. The Kier molecular flexibility index (Phi) is 18.1. The number of aliphatic hydroxyl groups is 2. The van der Waals surface area contributed by atoms with Gasteiger partial charge in [-0.25, -0.2) is 28.6 Å². The summed E-state index contributed by atoms with van der Waals surface area (Å²) in [5.74, 6) is -0.868. The maximum atomic E-state index is 12.7. The zero-order valence-corrected chi connectivity index (χ0v) is 36.1. The molecule has 0 saturated carbocycles. The van der Waals surface area contributed by atoms with Crippen molar-refractivity contribution in [2.24, 2.45) is 11.3 Å². The number of aliphatic hydroxyl groups excluding tert-OH is 2. The highest BCUT2D eigenvalue weighted by molar-refractivity contribution is 8.14. The fourth-order valence-corrected chi connectivity index (χ4v) is 8.52. The number of phosphoric ester groups is 3. The van der Waals surface area contributed by atoms with E-state index in [-0.39, 0.29) is 41.6 Å². The minimum Gasteiger partial charge on any atom is -0.386 e. The van der Waals surface area contributed by atoms with E-state index in [4.69, 9.17) is 19.5 Å². The average Bonchev–Trinajstić information content (AvgIpc) is 3.69. The molecule has 2 aromatic rings. The van der Waals surface area contributed by atoms with Gasteiger partial charge in [0.1, 0.15) is 36.3 Å². The highest BCUT2D eigenvalue weighted by atomic mass is 32.2. The maximum Gasteiger partial charge on any atom is 0.481 e. The summed E-state index contributed by atoms with van der Waals surface area (Å²) >= 11 is 1.04. The molecule has 1 aliphatic heterocycles. The molecule has 1 fully saturated rings. The third-order valence-electron chi connectivity index (χ3n) is 8.54. The molecule has 10 N–H and O–H groups in total. The number of hydrogen-bond donors (Lipinski definition) is 9. The maximum absolute atomic E-state index is 12.7. The van der Waals surface area contributed by atoms with E-state index >= 15 is 0 Å². The number of allylic oxidation sites excluding steroid dienone is 2. The van der Waals surface area contributed by atoms with Crippen molar-refractivity contribution in [3.63, 3.8) is 0 Å². The van der Waals surface area contributed by atoms with Crippen LogP contribution in [0.3, 0.4) is 0 Å². The highest BCUT2D eigenvalue weighted by Crippen LogP contribution is 2.61. The molecule has 1 saturated heterocycles. The number of nitrogens with one attached hydrogen (secondary N) is 2. The molecule has 2 unspecified atom stereocenters. The first-order chi connectivity index (χ1) is 27.2. The minimum absolute atomic E-state index is 0.0288. The fraction of sp³-hybridized carbons (Fsp3) is 0.613. The van der Waals surface area contributed by atoms with Crippen molar-refractivity contribution < 1.29 is 80.5 Å². The topological polar surface area (TPSA) is 364 Å². The van der Waals surface area contributed by atoms with Gasteiger partial charge in [0.25, 0.3) is 0 Å². The number of nitrogens with zero attached hydrogens (tertiary/aromatic N) is 4. The number of fused-ring (bicyclic) bond motifs is 1. The SMILES string of the molecule is C=C(C/C=C(/C)C(=O)SCCNC(=O)CCNC(=O)[C@H](O)C(C)(C)COP(=O)(O)OP(=O)(O)OC[C@H]1O[C@@H](n2cnc3c(N)ncnc32)[C@H](O)[C@@H]1OP(=O)(O)O)C(C)C. The fourth-order valence-electron chi connectivity index (χ4n) is 4.99. The number of amides is 2. The van der Waals surface area contributed by atoms with Crippen LogP contribution in [0.1, 0.15) is 53.7 Å². The molecule has 3 heterocycles. The van der Waals surface area contributed by atoms with Crippen LogP contribution >= 0.6 is 35.2 Å². The van der Waals surface area contributed by atoms with Crippen LogP contribution < -0.4 is 16.4 Å². The molecule has 2 amide bonds. The summed E-state index contributed by atoms with van der Waals surface area (Å²) in [5, 5.41) is 26.3. The van der Waals surface area contributed by atoms with Crippen molar-refractivity contribution in [2.45, 2.75) is 78.1 Å². The number of nitrogen functional groups attached to an aromatic ring is 1. The van der Waals surface area contributed by atoms with Gasteiger partial charge in [-0.3, -0.25) is 32.5 Å². The number of thioether (sulfide) groups is 1. The quantitative estimate of drug-likeness (QED) is 0.0327. The first-order valence-electron chi connectivity index (χ1n) is 17.6. The van der Waals surface area contributed by atoms with Crippen LogP contribution in [0.5, 0.6) is 0 Å². The van der Waals surface area contributed by atoms with Gasteiger partial charge in [0, 0.05) is 30.7 Å². The summed E-state index contributed by atoms with van der Waals surface area (Å²) in [6, 6.07) is 0. The Morgan fingerprint density at radius 1 is 1.08 bits per heavy atom. The van der Waals surface area contributed by atoms with E-state index in [0.717, 1.165) is 34.6 Å². The third-order valence-corrected chi connectivity index (χ3v) is 12.6. The van der Waals surface area contributed by atoms with Gasteiger partial charge in [-0.2, -0.15) is 4.31 Å². The predicted octanol–water partition coefficient (Wildman–Crippen LogP) is 1.21. The minimum atomic E-state index is -5.58. The van der Waals surface area contributed by atoms with Crippen LogP contribution in [0.15, 0.2) is 36.5 Å². The normalized spacial score (nSPS) is 21.5. The summed E-state index contributed by atoms with van der Waals surface area (Å²) in [6.07, 6.45) is -4.54. The van der Waals surface area contributed by atoms with E-state index in [1.54, 1.807) is 6.92 Å². The van der Waals surface area contributed by atoms with E-state index in [1.165, 1.54) is 13.8 Å². The lowest BCUT2D eigenvalue weighted by Crippen LogP contribution is -2.46. The molecule has 2 aromatic heterocycles. The Morgan fingerprint density at radius 2 is 1.75 bits per heavy atom. The largest absolute Gasteiger partial charge is 0.481 e. The Hall–Kier alpha value is -2.96. The van der Waals surface area contributed by atoms with Crippen molar-refractivity contribution in [1.29, 1.82) is 0 Å². The summed E-state index contributed by atoms with van der Waals surface area (Å²) in [7, 11) is -16.4. The number of ether oxygens (including phenoxy) is 1. The van der Waals surface area contributed by atoms with Gasteiger partial charge in [-0.05, 0) is 24.8 Å². The van der Waals surface area contributed by atoms with Crippen molar-refractivity contribution in [1.82, 2.24) is 30.2 Å². The lowest BCUT2D eigenvalue weighted by molar-refractivity contribution is -0.137. The van der Waals surface area contributed by atoms with Crippen LogP contribution in [0, 0.1) is 11.3 Å². The van der Waals surface area contributed by atoms with Gasteiger partial charge < -0.3 is 50.9 Å². The van der Waals surface area contributed by atoms with Crippen molar-refractivity contribution >= 4 is 69.1 Å². The summed E-state index contributed by atoms with van der Waals surface area (Å²) < 4.78 is 62.2. The molecule has 28 heteroatoms. The number of imidazole rings is 1. The number of rotatable bonds is 23. The Bertz CT molecular complexity index is 2010. The van der Waals surface area contributed by atoms with Gasteiger partial charge in [0.15, 0.2) is 17.7 Å². The standard InChI is InChI=1S/C31H50N7O17P3S/c1-17(2)18(3)7-8-19(4)30(43)59-12-11-33-21(39)9-10-34-28(42)25(41)31(5,6)14-52-58(49,50)55-57(47,48)51-13-20-24(54-56(44,45)46)23(40)29(53-20)38-16-37-22-26(32)35-15-36-27(22)38/h8,15-17,20,23-25,29,40-41H,3,7,9-14H2,1-2,4-6H3,(H,33,39)(H,34,42)(H,47,48)(H,49,50)(H2,32,35,36)(H2,44,45,46)/b19-8-/t20-,23-,24-,25+,29-/m1/s1. The first kappa shape index (κ1) is 50.4. The molecule has 24 nitrogen and oxygen atoms in total. The average molecular weight is 918 g/mol. The van der Waals surface area contributed by atoms with Gasteiger partial charge in [-0.1, -0.05) is 57.7 Å². The second kappa shape index (κ2) is 21.2. The predicted molar refractivity (Wildman–Crippen MR) is 209 cm³/mol. The highest BCUT2D eigenvalue weighted by Gasteiger charge is 2.50. The van der Waals surface area contributed by atoms with Crippen LogP contribution in [-0.2, 0) is 50.7 Å². The zero-order valence-electron chi connectivity index (χ0n) is 32.6. The molecule has 59 heavy (non-hydrogen) atoms. The molecule has 0 aromatic carbocycles. The third kappa shape index (κ3) is 15.5. The van der Waals surface area contributed by atoms with E-state index in [2.05, 4.69) is 41.0 Å². The van der Waals surface area contributed by atoms with Gasteiger partial charge >= 0.3 is 23.5 Å². The molecular formula is C31H50N7O17P3S. The zero-order chi connectivity index (χ0) is 44.5. The van der Waals surface area contributed by atoms with E-state index in [9.17, 15) is 57.9 Å². The van der Waals surface area contributed by atoms with Crippen LogP contribution in [-0.4, -0.2) is 123 Å². The molecular weight excluding hydrogens is 867 g/mol. The molecule has 1 aliphatic rings. The molecule has 7 atom stereocenters. The first-order valence-corrected chi connectivity index (χ1v) is 23.1. The number of phosphoric acid groups is 3. The molecule has 0 spiro atoms.